The molecular weight excluding hydrogens is 394 g/mol. The van der Waals surface area contributed by atoms with E-state index in [1.165, 1.54) is 11.0 Å². The number of likely N-dealkylation sites (N-methyl/N-ethyl adjacent to an activating group) is 1. The van der Waals surface area contributed by atoms with Gasteiger partial charge in [-0.15, -0.1) is 0 Å². The molecule has 29 heavy (non-hydrogen) atoms. The van der Waals surface area contributed by atoms with Crippen LogP contribution >= 0.6 is 11.6 Å². The van der Waals surface area contributed by atoms with E-state index in [0.29, 0.717) is 29.1 Å². The molecule has 0 aliphatic heterocycles. The molecular formula is C21H24ClN3O4. The van der Waals surface area contributed by atoms with E-state index >= 15 is 0 Å². The minimum atomic E-state index is -0.707. The largest absolute Gasteiger partial charge is 0.355 e. The second-order valence-corrected chi connectivity index (χ2v) is 6.90. The van der Waals surface area contributed by atoms with Gasteiger partial charge < -0.3 is 10.2 Å². The van der Waals surface area contributed by atoms with E-state index in [1.807, 2.05) is 6.92 Å². The lowest BCUT2D eigenvalue weighted by atomic mass is 10.1. The van der Waals surface area contributed by atoms with Gasteiger partial charge in [0.25, 0.3) is 5.69 Å². The van der Waals surface area contributed by atoms with Gasteiger partial charge in [0.2, 0.25) is 11.8 Å². The van der Waals surface area contributed by atoms with Gasteiger partial charge in [0.05, 0.1) is 11.3 Å². The van der Waals surface area contributed by atoms with Crippen molar-refractivity contribution in [3.8, 4) is 0 Å². The summed E-state index contributed by atoms with van der Waals surface area (Å²) < 4.78 is 0. The van der Waals surface area contributed by atoms with Crippen LogP contribution in [0.3, 0.4) is 0 Å². The van der Waals surface area contributed by atoms with Crippen molar-refractivity contribution < 1.29 is 14.5 Å². The Morgan fingerprint density at radius 1 is 1.10 bits per heavy atom. The third kappa shape index (κ3) is 5.77. The van der Waals surface area contributed by atoms with Gasteiger partial charge in [-0.1, -0.05) is 54.9 Å². The molecule has 7 nitrogen and oxygen atoms in total. The lowest BCUT2D eigenvalue weighted by Gasteiger charge is -2.31. The number of nitro groups is 1. The van der Waals surface area contributed by atoms with Crippen molar-refractivity contribution in [1.82, 2.24) is 10.2 Å². The van der Waals surface area contributed by atoms with Crippen LogP contribution in [0.5, 0.6) is 0 Å². The smallest absolute Gasteiger partial charge is 0.273 e. The normalized spacial score (nSPS) is 11.6. The van der Waals surface area contributed by atoms with E-state index in [-0.39, 0.29) is 30.5 Å². The number of halogens is 1. The summed E-state index contributed by atoms with van der Waals surface area (Å²) in [4.78, 5) is 38.0. The minimum absolute atomic E-state index is 0.121. The Kier molecular flexibility index (Phi) is 8.15. The molecule has 0 heterocycles. The van der Waals surface area contributed by atoms with E-state index in [1.54, 1.807) is 49.4 Å². The first kappa shape index (κ1) is 22.4. The monoisotopic (exact) mass is 417 g/mol. The van der Waals surface area contributed by atoms with Crippen LogP contribution in [-0.2, 0) is 22.6 Å². The lowest BCUT2D eigenvalue weighted by Crippen LogP contribution is -2.49. The number of para-hydroxylation sites is 1. The Balaban J connectivity index is 2.38. The molecule has 1 N–H and O–H groups in total. The van der Waals surface area contributed by atoms with E-state index < -0.39 is 11.0 Å². The molecule has 0 aliphatic carbocycles. The maximum absolute atomic E-state index is 13.2. The molecule has 2 amide bonds. The molecule has 0 fully saturated rings. The van der Waals surface area contributed by atoms with Gasteiger partial charge in [0.15, 0.2) is 0 Å². The number of carbonyl (C=O) groups excluding carboxylic acids is 2. The number of nitrogens with zero attached hydrogens (tertiary/aromatic N) is 2. The maximum Gasteiger partial charge on any atom is 0.273 e. The van der Waals surface area contributed by atoms with Gasteiger partial charge >= 0.3 is 0 Å². The first-order chi connectivity index (χ1) is 13.9. The Hall–Kier alpha value is -2.93. The van der Waals surface area contributed by atoms with Crippen molar-refractivity contribution in [1.29, 1.82) is 0 Å². The second kappa shape index (κ2) is 10.6. The highest BCUT2D eigenvalue weighted by molar-refractivity contribution is 6.31. The predicted molar refractivity (Wildman–Crippen MR) is 112 cm³/mol. The standard InChI is InChI=1S/C21H24ClN3O4/c1-3-18(21(27)23-4-2)24(14-16-10-5-7-11-17(16)22)20(26)13-15-9-6-8-12-19(15)25(28)29/h5-12,18H,3-4,13-14H2,1-2H3,(H,23,27). The number of rotatable bonds is 9. The molecule has 0 radical (unpaired) electrons. The fourth-order valence-electron chi connectivity index (χ4n) is 3.12. The number of hydrogen-bond donors (Lipinski definition) is 1. The fraction of sp³-hybridized carbons (Fsp3) is 0.333. The first-order valence-corrected chi connectivity index (χ1v) is 9.79. The van der Waals surface area contributed by atoms with Crippen molar-refractivity contribution in [3.05, 3.63) is 74.8 Å². The maximum atomic E-state index is 13.2. The molecule has 2 aromatic rings. The molecule has 2 rings (SSSR count). The lowest BCUT2D eigenvalue weighted by molar-refractivity contribution is -0.385. The Morgan fingerprint density at radius 2 is 1.72 bits per heavy atom. The highest BCUT2D eigenvalue weighted by atomic mass is 35.5. The quantitative estimate of drug-likeness (QED) is 0.497. The number of nitrogens with one attached hydrogen (secondary N) is 1. The third-order valence-corrected chi connectivity index (χ3v) is 4.93. The van der Waals surface area contributed by atoms with Gasteiger partial charge in [-0.2, -0.15) is 0 Å². The van der Waals surface area contributed by atoms with Crippen molar-refractivity contribution >= 4 is 29.1 Å². The summed E-state index contributed by atoms with van der Waals surface area (Å²) in [6.07, 6.45) is 0.219. The second-order valence-electron chi connectivity index (χ2n) is 6.49. The van der Waals surface area contributed by atoms with Crippen molar-refractivity contribution in [2.75, 3.05) is 6.54 Å². The fourth-order valence-corrected chi connectivity index (χ4v) is 3.32. The molecule has 0 aromatic heterocycles. The van der Waals surface area contributed by atoms with Crippen LogP contribution < -0.4 is 5.32 Å². The SMILES string of the molecule is CCNC(=O)C(CC)N(Cc1ccccc1Cl)C(=O)Cc1ccccc1[N+](=O)[O-]. The Morgan fingerprint density at radius 3 is 2.31 bits per heavy atom. The summed E-state index contributed by atoms with van der Waals surface area (Å²) in [5.74, 6) is -0.643. The molecule has 1 atom stereocenters. The Labute approximate surface area is 174 Å². The van der Waals surface area contributed by atoms with Gasteiger partial charge in [0, 0.05) is 29.7 Å². The summed E-state index contributed by atoms with van der Waals surface area (Å²) in [6, 6.07) is 12.5. The minimum Gasteiger partial charge on any atom is -0.355 e. The van der Waals surface area contributed by atoms with E-state index in [9.17, 15) is 19.7 Å². The molecule has 0 bridgehead atoms. The van der Waals surface area contributed by atoms with Gasteiger partial charge in [-0.25, -0.2) is 0 Å². The highest BCUT2D eigenvalue weighted by Crippen LogP contribution is 2.23. The molecule has 0 spiro atoms. The third-order valence-electron chi connectivity index (χ3n) is 4.57. The summed E-state index contributed by atoms with van der Waals surface area (Å²) in [7, 11) is 0. The van der Waals surface area contributed by atoms with Crippen LogP contribution in [0.25, 0.3) is 0 Å². The predicted octanol–water partition coefficient (Wildman–Crippen LogP) is 3.73. The zero-order valence-corrected chi connectivity index (χ0v) is 17.2. The molecule has 0 saturated heterocycles. The van der Waals surface area contributed by atoms with E-state index in [2.05, 4.69) is 5.32 Å². The molecule has 2 aromatic carbocycles. The highest BCUT2D eigenvalue weighted by Gasteiger charge is 2.30. The van der Waals surface area contributed by atoms with E-state index in [0.717, 1.165) is 0 Å². The van der Waals surface area contributed by atoms with Crippen molar-refractivity contribution in [2.24, 2.45) is 0 Å². The summed E-state index contributed by atoms with van der Waals surface area (Å²) >= 11 is 6.26. The summed E-state index contributed by atoms with van der Waals surface area (Å²) in [5.41, 5.74) is 0.884. The zero-order chi connectivity index (χ0) is 21.4. The van der Waals surface area contributed by atoms with Crippen LogP contribution in [0.4, 0.5) is 5.69 Å². The zero-order valence-electron chi connectivity index (χ0n) is 16.4. The number of amides is 2. The molecule has 0 saturated carbocycles. The summed E-state index contributed by atoms with van der Waals surface area (Å²) in [6.45, 7) is 4.19. The number of benzene rings is 2. The topological polar surface area (TPSA) is 92.6 Å². The van der Waals surface area contributed by atoms with Crippen molar-refractivity contribution in [3.63, 3.8) is 0 Å². The Bertz CT molecular complexity index is 888. The van der Waals surface area contributed by atoms with Crippen LogP contribution in [0, 0.1) is 10.1 Å². The summed E-state index contributed by atoms with van der Waals surface area (Å²) in [5, 5.41) is 14.5. The molecule has 1 unspecified atom stereocenters. The van der Waals surface area contributed by atoms with Gasteiger partial charge in [0.1, 0.15) is 6.04 Å². The number of carbonyl (C=O) groups is 2. The average Bonchev–Trinajstić information content (AvgIpc) is 2.69. The molecule has 154 valence electrons. The number of nitro benzene ring substituents is 1. The first-order valence-electron chi connectivity index (χ1n) is 9.41. The van der Waals surface area contributed by atoms with Gasteiger partial charge in [-0.3, -0.25) is 19.7 Å². The van der Waals surface area contributed by atoms with Crippen LogP contribution in [0.2, 0.25) is 5.02 Å². The number of hydrogen-bond acceptors (Lipinski definition) is 4. The van der Waals surface area contributed by atoms with Gasteiger partial charge in [-0.05, 0) is 25.0 Å². The van der Waals surface area contributed by atoms with Crippen LogP contribution in [0.1, 0.15) is 31.4 Å². The van der Waals surface area contributed by atoms with Crippen LogP contribution in [0.15, 0.2) is 48.5 Å². The average molecular weight is 418 g/mol. The molecule has 8 heteroatoms. The van der Waals surface area contributed by atoms with E-state index in [4.69, 9.17) is 11.6 Å². The van der Waals surface area contributed by atoms with Crippen LogP contribution in [-0.4, -0.2) is 34.2 Å². The molecule has 0 aliphatic rings. The van der Waals surface area contributed by atoms with Crippen molar-refractivity contribution in [2.45, 2.75) is 39.3 Å².